The van der Waals surface area contributed by atoms with Crippen molar-refractivity contribution in [2.45, 2.75) is 51.9 Å². The second kappa shape index (κ2) is 12.9. The molecule has 0 aliphatic heterocycles. The zero-order valence-corrected chi connectivity index (χ0v) is 35.6. The van der Waals surface area contributed by atoms with E-state index < -0.39 is 0 Å². The van der Waals surface area contributed by atoms with E-state index in [0.29, 0.717) is 5.92 Å². The van der Waals surface area contributed by atoms with E-state index in [1.807, 2.05) is 0 Å². The zero-order valence-electron chi connectivity index (χ0n) is 35.6. The molecule has 0 spiro atoms. The average molecular weight is 795 g/mol. The van der Waals surface area contributed by atoms with Gasteiger partial charge in [0.25, 0.3) is 0 Å². The number of benzene rings is 10. The van der Waals surface area contributed by atoms with Crippen LogP contribution in [0.4, 0.5) is 0 Å². The van der Waals surface area contributed by atoms with E-state index in [-0.39, 0.29) is 5.41 Å². The minimum Gasteiger partial charge on any atom is -0.309 e. The predicted molar refractivity (Wildman–Crippen MR) is 265 cm³/mol. The van der Waals surface area contributed by atoms with Crippen LogP contribution in [0.5, 0.6) is 0 Å². The molecule has 2 nitrogen and oxygen atoms in total. The summed E-state index contributed by atoms with van der Waals surface area (Å²) in [6.07, 6.45) is 2.16. The lowest BCUT2D eigenvalue weighted by molar-refractivity contribution is 0.475. The highest BCUT2D eigenvalue weighted by Gasteiger charge is 2.33. The number of aromatic nitrogens is 2. The largest absolute Gasteiger partial charge is 0.309 e. The monoisotopic (exact) mass is 794 g/mol. The minimum atomic E-state index is 0.0153. The first-order chi connectivity index (χ1) is 30.3. The van der Waals surface area contributed by atoms with Crippen LogP contribution in [0.15, 0.2) is 176 Å². The van der Waals surface area contributed by atoms with Crippen molar-refractivity contribution in [1.29, 1.82) is 0 Å². The lowest BCUT2D eigenvalue weighted by Gasteiger charge is -2.35. The molecule has 0 radical (unpaired) electrons. The summed E-state index contributed by atoms with van der Waals surface area (Å²) < 4.78 is 5.15. The van der Waals surface area contributed by atoms with Gasteiger partial charge in [0.05, 0.1) is 33.4 Å². The fourth-order valence-electron chi connectivity index (χ4n) is 11.4. The van der Waals surface area contributed by atoms with E-state index >= 15 is 0 Å². The Morgan fingerprint density at radius 2 is 0.919 bits per heavy atom. The van der Waals surface area contributed by atoms with Gasteiger partial charge in [0.15, 0.2) is 0 Å². The molecule has 62 heavy (non-hydrogen) atoms. The van der Waals surface area contributed by atoms with Gasteiger partial charge in [-0.3, -0.25) is 0 Å². The van der Waals surface area contributed by atoms with E-state index in [1.54, 1.807) is 0 Å². The number of nitrogens with zero attached hydrogens (tertiary/aromatic N) is 2. The van der Waals surface area contributed by atoms with Crippen LogP contribution in [-0.4, -0.2) is 9.13 Å². The van der Waals surface area contributed by atoms with Crippen LogP contribution in [0, 0.1) is 0 Å². The van der Waals surface area contributed by atoms with Crippen molar-refractivity contribution in [3.05, 3.63) is 193 Å². The second-order valence-electron chi connectivity index (χ2n) is 18.7. The van der Waals surface area contributed by atoms with Crippen LogP contribution in [0.25, 0.3) is 110 Å². The summed E-state index contributed by atoms with van der Waals surface area (Å²) in [5.74, 6) is 0.329. The third kappa shape index (κ3) is 4.92. The van der Waals surface area contributed by atoms with Gasteiger partial charge in [0.1, 0.15) is 0 Å². The van der Waals surface area contributed by atoms with Crippen molar-refractivity contribution in [3.63, 3.8) is 0 Å². The summed E-state index contributed by atoms with van der Waals surface area (Å²) in [6.45, 7) is 9.67. The molecule has 296 valence electrons. The standard InChI is InChI=1S/C60H46N2/c1-36(2)46-35-56(62-52-22-14-12-20-43(52)48-32-40(24-28-54(48)62)38-17-9-6-10-18-38)49-34-50-57-41(29-30-60(50,3)4)33-55(45-26-25-44(46)58(49)59(45)57)61-51-21-13-11-19-42(51)47-31-39(23-27-53(47)61)37-15-7-5-8-16-37/h5-28,31-36H,29-30H2,1-4H3. The first kappa shape index (κ1) is 35.6. The van der Waals surface area contributed by atoms with Crippen molar-refractivity contribution in [1.82, 2.24) is 9.13 Å². The summed E-state index contributed by atoms with van der Waals surface area (Å²) in [5, 5.41) is 13.4. The van der Waals surface area contributed by atoms with Crippen molar-refractivity contribution in [2.75, 3.05) is 0 Å². The molecule has 0 unspecified atom stereocenters. The van der Waals surface area contributed by atoms with Crippen LogP contribution in [0.1, 0.15) is 56.7 Å². The van der Waals surface area contributed by atoms with Crippen LogP contribution >= 0.6 is 0 Å². The second-order valence-corrected chi connectivity index (χ2v) is 18.7. The number of hydrogen-bond donors (Lipinski definition) is 0. The van der Waals surface area contributed by atoms with E-state index in [9.17, 15) is 0 Å². The Morgan fingerprint density at radius 1 is 0.403 bits per heavy atom. The van der Waals surface area contributed by atoms with Gasteiger partial charge in [-0.2, -0.15) is 0 Å². The minimum absolute atomic E-state index is 0.0153. The predicted octanol–water partition coefficient (Wildman–Crippen LogP) is 16.5. The molecule has 0 bridgehead atoms. The SMILES string of the molecule is CC(C)c1cc(-n2c3ccccc3c3cc(-c4ccccc4)ccc32)c2cc3c4c(cc(-n5c6ccccc6c6cc(-c7ccccc7)ccc65)c5ccc1c2c54)CCC3(C)C. The molecule has 0 atom stereocenters. The van der Waals surface area contributed by atoms with Crippen molar-refractivity contribution >= 4 is 75.9 Å². The van der Waals surface area contributed by atoms with Gasteiger partial charge >= 0.3 is 0 Å². The third-order valence-electron chi connectivity index (χ3n) is 14.5. The molecular formula is C60H46N2. The smallest absolute Gasteiger partial charge is 0.0544 e. The van der Waals surface area contributed by atoms with E-state index in [0.717, 1.165) is 12.8 Å². The van der Waals surface area contributed by atoms with Crippen molar-refractivity contribution in [3.8, 4) is 33.6 Å². The molecule has 0 saturated carbocycles. The van der Waals surface area contributed by atoms with Crippen LogP contribution in [0.2, 0.25) is 0 Å². The molecule has 2 aromatic heterocycles. The van der Waals surface area contributed by atoms with Crippen LogP contribution < -0.4 is 0 Å². The molecule has 12 aromatic rings. The summed E-state index contributed by atoms with van der Waals surface area (Å²) >= 11 is 0. The molecular weight excluding hydrogens is 749 g/mol. The molecule has 10 aromatic carbocycles. The van der Waals surface area contributed by atoms with Gasteiger partial charge in [-0.05, 0) is 134 Å². The lowest BCUT2D eigenvalue weighted by atomic mass is 9.70. The molecule has 0 saturated heterocycles. The molecule has 13 rings (SSSR count). The summed E-state index contributed by atoms with van der Waals surface area (Å²) in [5.41, 5.74) is 16.8. The van der Waals surface area contributed by atoms with Gasteiger partial charge in [-0.15, -0.1) is 0 Å². The Balaban J connectivity index is 1.17. The maximum atomic E-state index is 2.61. The summed E-state index contributed by atoms with van der Waals surface area (Å²) in [4.78, 5) is 0. The highest BCUT2D eigenvalue weighted by atomic mass is 15.0. The highest BCUT2D eigenvalue weighted by Crippen LogP contribution is 2.52. The Bertz CT molecular complexity index is 3780. The first-order valence-corrected chi connectivity index (χ1v) is 22.3. The van der Waals surface area contributed by atoms with Gasteiger partial charge in [-0.1, -0.05) is 149 Å². The molecule has 2 heterocycles. The number of para-hydroxylation sites is 2. The van der Waals surface area contributed by atoms with Gasteiger partial charge in [0, 0.05) is 37.7 Å². The molecule has 0 fully saturated rings. The Labute approximate surface area is 361 Å². The van der Waals surface area contributed by atoms with Crippen LogP contribution in [-0.2, 0) is 11.8 Å². The maximum Gasteiger partial charge on any atom is 0.0544 e. The van der Waals surface area contributed by atoms with E-state index in [2.05, 4.69) is 213 Å². The van der Waals surface area contributed by atoms with Gasteiger partial charge in [-0.25, -0.2) is 0 Å². The van der Waals surface area contributed by atoms with Crippen molar-refractivity contribution in [2.24, 2.45) is 0 Å². The maximum absolute atomic E-state index is 2.61. The quantitative estimate of drug-likeness (QED) is 0.154. The number of fused-ring (bicyclic) bond motifs is 6. The summed E-state index contributed by atoms with van der Waals surface area (Å²) in [7, 11) is 0. The Hall–Kier alpha value is -7.16. The number of rotatable bonds is 5. The molecule has 0 N–H and O–H groups in total. The average Bonchev–Trinajstić information content (AvgIpc) is 3.82. The first-order valence-electron chi connectivity index (χ1n) is 22.3. The van der Waals surface area contributed by atoms with Crippen LogP contribution in [0.3, 0.4) is 0 Å². The highest BCUT2D eigenvalue weighted by molar-refractivity contribution is 6.29. The zero-order chi connectivity index (χ0) is 41.4. The molecule has 0 amide bonds. The van der Waals surface area contributed by atoms with Gasteiger partial charge < -0.3 is 9.13 Å². The molecule has 1 aliphatic carbocycles. The Kier molecular flexibility index (Phi) is 7.42. The fourth-order valence-corrected chi connectivity index (χ4v) is 11.4. The van der Waals surface area contributed by atoms with Gasteiger partial charge in [0.2, 0.25) is 0 Å². The fraction of sp³-hybridized carbons (Fsp3) is 0.133. The lowest BCUT2D eigenvalue weighted by Crippen LogP contribution is -2.23. The normalized spacial score (nSPS) is 14.0. The number of aryl methyl sites for hydroxylation is 1. The topological polar surface area (TPSA) is 9.86 Å². The van der Waals surface area contributed by atoms with Crippen molar-refractivity contribution < 1.29 is 0 Å². The number of hydrogen-bond acceptors (Lipinski definition) is 0. The third-order valence-corrected chi connectivity index (χ3v) is 14.5. The molecule has 2 heteroatoms. The van der Waals surface area contributed by atoms with E-state index in [1.165, 1.54) is 126 Å². The molecule has 1 aliphatic rings. The summed E-state index contributed by atoms with van der Waals surface area (Å²) in [6, 6.07) is 66.4. The Morgan fingerprint density at radius 3 is 1.50 bits per heavy atom. The van der Waals surface area contributed by atoms with E-state index in [4.69, 9.17) is 0 Å².